The van der Waals surface area contributed by atoms with Gasteiger partial charge >= 0.3 is 0 Å². The summed E-state index contributed by atoms with van der Waals surface area (Å²) < 4.78 is 0.708. The lowest BCUT2D eigenvalue weighted by atomic mass is 10.1. The second kappa shape index (κ2) is 3.59. The van der Waals surface area contributed by atoms with Gasteiger partial charge in [-0.2, -0.15) is 0 Å². The van der Waals surface area contributed by atoms with Crippen LogP contribution in [0.1, 0.15) is 16.8 Å². The van der Waals surface area contributed by atoms with Crippen LogP contribution in [0.4, 0.5) is 0 Å². The van der Waals surface area contributed by atoms with Gasteiger partial charge in [-0.1, -0.05) is 0 Å². The molecule has 0 radical (unpaired) electrons. The third kappa shape index (κ3) is 1.56. The molecule has 1 rings (SSSR count). The number of aromatic hydroxyl groups is 1. The molecule has 4 N–H and O–H groups in total. The van der Waals surface area contributed by atoms with Gasteiger partial charge in [0.25, 0.3) is 5.69 Å². The molecule has 0 atom stereocenters. The Morgan fingerprint density at radius 3 is 2.38 bits per heavy atom. The van der Waals surface area contributed by atoms with Crippen LogP contribution >= 0.6 is 0 Å². The molecule has 0 aliphatic heterocycles. The quantitative estimate of drug-likeness (QED) is 0.360. The highest BCUT2D eigenvalue weighted by Crippen LogP contribution is 2.22. The van der Waals surface area contributed by atoms with E-state index < -0.39 is 0 Å². The first-order valence-electron chi connectivity index (χ1n) is 3.78. The lowest BCUT2D eigenvalue weighted by molar-refractivity contribution is -0.909. The molecule has 1 heterocycles. The third-order valence-electron chi connectivity index (χ3n) is 1.97. The molecule has 0 saturated heterocycles. The van der Waals surface area contributed by atoms with Crippen molar-refractivity contribution >= 4 is 0 Å². The number of nitrogens with zero attached hydrogens (tertiary/aromatic N) is 1. The standard InChI is InChI=1S/C8H11NO4/c1-5-8(12)7(4-11)6(3-10)2-9(5)13/h2,10-11H,3-4H2,1H3,(H-,12,13)/p+1. The lowest BCUT2D eigenvalue weighted by Gasteiger charge is -2.05. The molecule has 0 fully saturated rings. The summed E-state index contributed by atoms with van der Waals surface area (Å²) in [5.74, 6) is -0.198. The first kappa shape index (κ1) is 9.76. The third-order valence-corrected chi connectivity index (χ3v) is 1.97. The van der Waals surface area contributed by atoms with Crippen molar-refractivity contribution in [3.05, 3.63) is 23.0 Å². The normalized spacial score (nSPS) is 10.4. The van der Waals surface area contributed by atoms with Gasteiger partial charge in [0.15, 0.2) is 5.75 Å². The van der Waals surface area contributed by atoms with E-state index in [-0.39, 0.29) is 30.2 Å². The van der Waals surface area contributed by atoms with Crippen LogP contribution in [-0.4, -0.2) is 20.5 Å². The molecule has 0 bridgehead atoms. The van der Waals surface area contributed by atoms with Gasteiger partial charge in [-0.15, -0.1) is 0 Å². The minimum Gasteiger partial charge on any atom is -0.502 e. The van der Waals surface area contributed by atoms with Crippen LogP contribution in [0.25, 0.3) is 0 Å². The van der Waals surface area contributed by atoms with Crippen molar-refractivity contribution in [3.63, 3.8) is 0 Å². The molecular formula is C8H12NO4+. The van der Waals surface area contributed by atoms with Gasteiger partial charge in [-0.25, -0.2) is 0 Å². The van der Waals surface area contributed by atoms with Crippen LogP contribution in [0, 0.1) is 6.92 Å². The number of aromatic nitrogens is 1. The zero-order valence-corrected chi connectivity index (χ0v) is 7.23. The van der Waals surface area contributed by atoms with E-state index in [4.69, 9.17) is 10.2 Å². The molecule has 0 unspecified atom stereocenters. The van der Waals surface area contributed by atoms with Crippen molar-refractivity contribution < 1.29 is 25.3 Å². The monoisotopic (exact) mass is 186 g/mol. The highest BCUT2D eigenvalue weighted by Gasteiger charge is 2.19. The van der Waals surface area contributed by atoms with E-state index in [0.717, 1.165) is 0 Å². The van der Waals surface area contributed by atoms with E-state index in [1.807, 2.05) is 0 Å². The minimum absolute atomic E-state index is 0.198. The summed E-state index contributed by atoms with van der Waals surface area (Å²) in [4.78, 5) is 0. The topological polar surface area (TPSA) is 84.8 Å². The van der Waals surface area contributed by atoms with Crippen molar-refractivity contribution in [2.24, 2.45) is 0 Å². The minimum atomic E-state index is -0.372. The molecule has 0 spiro atoms. The summed E-state index contributed by atoms with van der Waals surface area (Å²) in [6, 6.07) is 0. The Labute approximate surface area is 75.1 Å². The summed E-state index contributed by atoms with van der Waals surface area (Å²) in [5.41, 5.74) is 0.764. The Balaban J connectivity index is 3.39. The van der Waals surface area contributed by atoms with Gasteiger partial charge in [0, 0.05) is 17.2 Å². The number of aliphatic hydroxyl groups is 2. The first-order chi connectivity index (χ1) is 6.11. The molecule has 0 aromatic carbocycles. The summed E-state index contributed by atoms with van der Waals surface area (Å²) >= 11 is 0. The molecule has 0 aliphatic rings. The summed E-state index contributed by atoms with van der Waals surface area (Å²) in [7, 11) is 0. The van der Waals surface area contributed by atoms with Crippen LogP contribution in [0.3, 0.4) is 0 Å². The zero-order valence-electron chi connectivity index (χ0n) is 7.23. The zero-order chi connectivity index (χ0) is 10.0. The number of hydrogen-bond donors (Lipinski definition) is 4. The number of aliphatic hydroxyl groups excluding tert-OH is 2. The summed E-state index contributed by atoms with van der Waals surface area (Å²) in [5, 5.41) is 36.4. The average molecular weight is 186 g/mol. The maximum atomic E-state index is 9.44. The van der Waals surface area contributed by atoms with E-state index in [2.05, 4.69) is 0 Å². The molecule has 13 heavy (non-hydrogen) atoms. The van der Waals surface area contributed by atoms with Gasteiger partial charge < -0.3 is 15.3 Å². The lowest BCUT2D eigenvalue weighted by Crippen LogP contribution is -2.34. The van der Waals surface area contributed by atoms with Crippen molar-refractivity contribution in [2.45, 2.75) is 20.1 Å². The second-order valence-corrected chi connectivity index (χ2v) is 2.73. The summed E-state index contributed by atoms with van der Waals surface area (Å²) in [6.07, 6.45) is 1.25. The smallest absolute Gasteiger partial charge is 0.272 e. The molecule has 0 amide bonds. The Kier molecular flexibility index (Phi) is 2.69. The van der Waals surface area contributed by atoms with E-state index in [1.54, 1.807) is 0 Å². The molecule has 0 saturated carbocycles. The van der Waals surface area contributed by atoms with Crippen molar-refractivity contribution in [1.29, 1.82) is 0 Å². The average Bonchev–Trinajstić information content (AvgIpc) is 2.13. The van der Waals surface area contributed by atoms with E-state index in [9.17, 15) is 10.3 Å². The molecule has 5 heteroatoms. The van der Waals surface area contributed by atoms with Crippen molar-refractivity contribution in [3.8, 4) is 5.75 Å². The molecular weight excluding hydrogens is 174 g/mol. The Morgan fingerprint density at radius 1 is 1.31 bits per heavy atom. The Morgan fingerprint density at radius 2 is 1.92 bits per heavy atom. The molecule has 1 aromatic rings. The maximum absolute atomic E-state index is 9.44. The highest BCUT2D eigenvalue weighted by molar-refractivity contribution is 5.37. The molecule has 1 aromatic heterocycles. The van der Waals surface area contributed by atoms with Crippen LogP contribution in [0.5, 0.6) is 5.75 Å². The first-order valence-corrected chi connectivity index (χ1v) is 3.78. The highest BCUT2D eigenvalue weighted by atomic mass is 16.5. The van der Waals surface area contributed by atoms with Crippen molar-refractivity contribution in [2.75, 3.05) is 0 Å². The molecule has 0 aliphatic carbocycles. The molecule has 5 nitrogen and oxygen atoms in total. The van der Waals surface area contributed by atoms with Gasteiger partial charge in [-0.05, 0) is 0 Å². The SMILES string of the molecule is Cc1c(O)c(CO)c(CO)c[n+]1O. The van der Waals surface area contributed by atoms with Crippen LogP contribution < -0.4 is 4.73 Å². The van der Waals surface area contributed by atoms with E-state index >= 15 is 0 Å². The van der Waals surface area contributed by atoms with Gasteiger partial charge in [0.1, 0.15) is 0 Å². The number of pyridine rings is 1. The maximum Gasteiger partial charge on any atom is 0.272 e. The fraction of sp³-hybridized carbons (Fsp3) is 0.375. The largest absolute Gasteiger partial charge is 0.502 e. The van der Waals surface area contributed by atoms with Crippen LogP contribution in [-0.2, 0) is 13.2 Å². The van der Waals surface area contributed by atoms with Crippen LogP contribution in [0.15, 0.2) is 6.20 Å². The van der Waals surface area contributed by atoms with Gasteiger partial charge in [0.05, 0.1) is 18.8 Å². The Bertz CT molecular complexity index is 324. The predicted octanol–water partition coefficient (Wildman–Crippen LogP) is -0.790. The van der Waals surface area contributed by atoms with E-state index in [1.165, 1.54) is 13.1 Å². The predicted molar refractivity (Wildman–Crippen MR) is 42.1 cm³/mol. The number of rotatable bonds is 2. The van der Waals surface area contributed by atoms with Crippen molar-refractivity contribution in [1.82, 2.24) is 0 Å². The Hall–Kier alpha value is -1.33. The molecule has 72 valence electrons. The van der Waals surface area contributed by atoms with Gasteiger partial charge in [0.2, 0.25) is 6.20 Å². The van der Waals surface area contributed by atoms with E-state index in [0.29, 0.717) is 10.3 Å². The number of hydrogen-bond acceptors (Lipinski definition) is 4. The van der Waals surface area contributed by atoms with Gasteiger partial charge in [-0.3, -0.25) is 5.21 Å². The second-order valence-electron chi connectivity index (χ2n) is 2.73. The van der Waals surface area contributed by atoms with Crippen LogP contribution in [0.2, 0.25) is 0 Å². The fourth-order valence-corrected chi connectivity index (χ4v) is 1.11. The summed E-state index contributed by atoms with van der Waals surface area (Å²) in [6.45, 7) is 0.781. The fourth-order valence-electron chi connectivity index (χ4n) is 1.11.